The number of hydroxylamine groups is 2. The fourth-order valence-electron chi connectivity index (χ4n) is 7.15. The molecule has 1 atom stereocenters. The molecule has 3 heterocycles. The van der Waals surface area contributed by atoms with E-state index in [1.165, 1.54) is 25.5 Å². The predicted octanol–water partition coefficient (Wildman–Crippen LogP) is 7.56. The van der Waals surface area contributed by atoms with Crippen molar-refractivity contribution in [3.63, 3.8) is 0 Å². The number of likely N-dealkylation sites (tertiary alicyclic amines) is 2. The van der Waals surface area contributed by atoms with Crippen molar-refractivity contribution in [1.82, 2.24) is 14.9 Å². The number of nitrogens with zero attached hydrogens (tertiary/aromatic N) is 3. The zero-order valence-electron chi connectivity index (χ0n) is 32.6. The van der Waals surface area contributed by atoms with E-state index in [-0.39, 0.29) is 26.3 Å². The van der Waals surface area contributed by atoms with Crippen LogP contribution in [0.3, 0.4) is 0 Å². The van der Waals surface area contributed by atoms with Gasteiger partial charge in [-0.05, 0) is 87.1 Å². The van der Waals surface area contributed by atoms with Crippen molar-refractivity contribution < 1.29 is 38.9 Å². The molecule has 2 saturated heterocycles. The van der Waals surface area contributed by atoms with E-state index >= 15 is 0 Å². The number of carbonyl (C=O) groups excluding carboxylic acids is 1. The molecule has 3 aliphatic heterocycles. The van der Waals surface area contributed by atoms with Gasteiger partial charge in [-0.15, -0.1) is 0 Å². The Morgan fingerprint density at radius 1 is 0.930 bits per heavy atom. The van der Waals surface area contributed by atoms with Crippen LogP contribution in [0.25, 0.3) is 11.1 Å². The molecule has 306 valence electrons. The highest BCUT2D eigenvalue weighted by Gasteiger charge is 2.37. The van der Waals surface area contributed by atoms with Crippen LogP contribution in [0.15, 0.2) is 72.1 Å². The lowest BCUT2D eigenvalue weighted by Crippen LogP contribution is -2.32. The number of nitrogens with one attached hydrogen (secondary N) is 1. The Bertz CT molecular complexity index is 1920. The van der Waals surface area contributed by atoms with Gasteiger partial charge in [-0.3, -0.25) is 14.5 Å². The summed E-state index contributed by atoms with van der Waals surface area (Å²) in [5.41, 5.74) is 5.80. The van der Waals surface area contributed by atoms with Gasteiger partial charge in [0.1, 0.15) is 36.7 Å². The fraction of sp³-hybridized carbons (Fsp3) is 0.419. The third-order valence-electron chi connectivity index (χ3n) is 10.5. The van der Waals surface area contributed by atoms with Crippen LogP contribution in [0.1, 0.15) is 48.8 Å². The van der Waals surface area contributed by atoms with Gasteiger partial charge in [0.15, 0.2) is 0 Å². The summed E-state index contributed by atoms with van der Waals surface area (Å²) in [6.45, 7) is 7.59. The zero-order chi connectivity index (χ0) is 40.8. The highest BCUT2D eigenvalue weighted by atomic mass is 35.5. The van der Waals surface area contributed by atoms with Gasteiger partial charge in [0.05, 0.1) is 47.7 Å². The highest BCUT2D eigenvalue weighted by Crippen LogP contribution is 2.39. The molecule has 0 aliphatic carbocycles. The third kappa shape index (κ3) is 11.8. The van der Waals surface area contributed by atoms with E-state index in [1.54, 1.807) is 12.2 Å². The molecule has 1 unspecified atom stereocenters. The van der Waals surface area contributed by atoms with Gasteiger partial charge >= 0.3 is 0 Å². The first-order valence-electron chi connectivity index (χ1n) is 19.1. The van der Waals surface area contributed by atoms with Crippen LogP contribution in [0.2, 0.25) is 10.0 Å². The number of hydrogen-bond acceptors (Lipinski definition) is 11. The van der Waals surface area contributed by atoms with E-state index < -0.39 is 5.41 Å². The van der Waals surface area contributed by atoms with E-state index in [0.717, 1.165) is 78.9 Å². The summed E-state index contributed by atoms with van der Waals surface area (Å²) in [5.74, 6) is 1.81. The average molecular weight is 824 g/mol. The normalized spacial score (nSPS) is 18.3. The van der Waals surface area contributed by atoms with Gasteiger partial charge in [0.25, 0.3) is 6.47 Å². The molecule has 0 amide bonds. The van der Waals surface area contributed by atoms with E-state index in [4.69, 9.17) is 57.6 Å². The summed E-state index contributed by atoms with van der Waals surface area (Å²) in [4.78, 5) is 29.7. The fourth-order valence-corrected chi connectivity index (χ4v) is 7.68. The maximum Gasteiger partial charge on any atom is 0.290 e. The molecule has 6 rings (SSSR count). The molecule has 12 nitrogen and oxygen atoms in total. The summed E-state index contributed by atoms with van der Waals surface area (Å²) in [5, 5.41) is 27.2. The number of ether oxygens (including phenoxy) is 3. The van der Waals surface area contributed by atoms with Gasteiger partial charge in [-0.1, -0.05) is 60.0 Å². The van der Waals surface area contributed by atoms with Gasteiger partial charge < -0.3 is 39.5 Å². The number of hydrogen-bond donors (Lipinski definition) is 3. The molecular weight excluding hydrogens is 771 g/mol. The molecule has 0 bridgehead atoms. The van der Waals surface area contributed by atoms with Crippen LogP contribution in [0.4, 0.5) is 0 Å². The van der Waals surface area contributed by atoms with E-state index in [1.807, 2.05) is 60.8 Å². The Morgan fingerprint density at radius 3 is 2.37 bits per heavy atom. The van der Waals surface area contributed by atoms with E-state index in [0.29, 0.717) is 52.4 Å². The van der Waals surface area contributed by atoms with Crippen LogP contribution >= 0.6 is 23.2 Å². The third-order valence-corrected chi connectivity index (χ3v) is 11.2. The number of carboxylic acid groups (broad SMARTS) is 1. The van der Waals surface area contributed by atoms with Gasteiger partial charge in [0.2, 0.25) is 0 Å². The van der Waals surface area contributed by atoms with Crippen molar-refractivity contribution in [2.45, 2.75) is 52.2 Å². The van der Waals surface area contributed by atoms with Crippen LogP contribution in [-0.4, -0.2) is 104 Å². The first-order chi connectivity index (χ1) is 27.7. The number of rotatable bonds is 19. The second kappa shape index (κ2) is 21.4. The first kappa shape index (κ1) is 43.7. The minimum Gasteiger partial charge on any atom is -0.492 e. The number of benzene rings is 3. The standard InChI is InChI=1S/C42H50Cl2N4O6.CH2O2/c1-30-32(9-6-10-35(30)36-11-7-12-38(41(36)44)52-18-8-16-47-17-13-42(27-47,28-49)29-50)26-54-40-21-39(53-25-31(22-45)19-34-24-48(34)51-2)33(20-37(40)43)23-46-14-4-3-5-15-46;2-1-3/h6-7,9-12,19-22,24,28,45,50H,3-5,8,13-18,23,25-27,29H2,1-2H3;1H,(H,2,3)/b31-19+,45-22?;. The van der Waals surface area contributed by atoms with Crippen molar-refractivity contribution in [1.29, 1.82) is 5.41 Å². The second-order valence-electron chi connectivity index (χ2n) is 14.4. The maximum atomic E-state index is 11.5. The van der Waals surface area contributed by atoms with Crippen LogP contribution in [-0.2, 0) is 27.6 Å². The molecular formula is C43H52Cl2N4O8. The second-order valence-corrected chi connectivity index (χ2v) is 15.2. The molecule has 3 aliphatic rings. The first-order valence-corrected chi connectivity index (χ1v) is 19.9. The lowest BCUT2D eigenvalue weighted by molar-refractivity contribution is -0.123. The number of aliphatic hydroxyl groups excluding tert-OH is 1. The van der Waals surface area contributed by atoms with Crippen molar-refractivity contribution in [2.75, 3.05) is 59.7 Å². The molecule has 3 N–H and O–H groups in total. The number of carbonyl (C=O) groups is 2. The molecule has 0 radical (unpaired) electrons. The van der Waals surface area contributed by atoms with Crippen LogP contribution < -0.4 is 14.2 Å². The summed E-state index contributed by atoms with van der Waals surface area (Å²) < 4.78 is 18.9. The van der Waals surface area contributed by atoms with Gasteiger partial charge in [-0.25, -0.2) is 5.06 Å². The highest BCUT2D eigenvalue weighted by molar-refractivity contribution is 6.35. The monoisotopic (exact) mass is 822 g/mol. The number of halogens is 2. The number of aldehydes is 1. The Morgan fingerprint density at radius 2 is 1.68 bits per heavy atom. The molecule has 0 spiro atoms. The molecule has 3 aromatic carbocycles. The van der Waals surface area contributed by atoms with Gasteiger partial charge in [-0.2, -0.15) is 0 Å². The maximum absolute atomic E-state index is 11.5. The summed E-state index contributed by atoms with van der Waals surface area (Å²) in [6.07, 6.45) is 10.9. The topological polar surface area (TPSA) is 145 Å². The molecule has 57 heavy (non-hydrogen) atoms. The van der Waals surface area contributed by atoms with Crippen molar-refractivity contribution in [2.24, 2.45) is 5.41 Å². The molecule has 3 aromatic rings. The SMILES string of the molecule is CON1C=C1/C=C(\C=N)COc1cc(OCc2cccc(-c3cccc(OCCCN4CCC(C=O)(CO)C4)c3Cl)c2C)c(Cl)cc1CN1CCCCC1.O=CO. The molecule has 14 heteroatoms. The summed E-state index contributed by atoms with van der Waals surface area (Å²) >= 11 is 13.8. The van der Waals surface area contributed by atoms with Crippen molar-refractivity contribution >= 4 is 42.2 Å². The summed E-state index contributed by atoms with van der Waals surface area (Å²) in [6, 6.07) is 15.7. The van der Waals surface area contributed by atoms with E-state index in [2.05, 4.69) is 16.7 Å². The van der Waals surface area contributed by atoms with E-state index in [9.17, 15) is 9.90 Å². The van der Waals surface area contributed by atoms with Crippen molar-refractivity contribution in [3.8, 4) is 28.4 Å². The zero-order valence-corrected chi connectivity index (χ0v) is 34.1. The number of allylic oxidation sites excluding steroid dienone is 1. The van der Waals surface area contributed by atoms with Gasteiger partial charge in [0, 0.05) is 48.6 Å². The Hall–Kier alpha value is -4.43. The van der Waals surface area contributed by atoms with Crippen molar-refractivity contribution in [3.05, 3.63) is 98.8 Å². The smallest absolute Gasteiger partial charge is 0.290 e. The number of aliphatic hydroxyl groups is 1. The Balaban J connectivity index is 0.00000200. The number of piperidine rings is 1. The minimum atomic E-state index is -0.637. The summed E-state index contributed by atoms with van der Waals surface area (Å²) in [7, 11) is 1.60. The average Bonchev–Trinajstić information content (AvgIpc) is 3.86. The molecule has 2 fully saturated rings. The quantitative estimate of drug-likeness (QED) is 0.0626. The van der Waals surface area contributed by atoms with Crippen LogP contribution in [0, 0.1) is 17.7 Å². The molecule has 0 saturated carbocycles. The predicted molar refractivity (Wildman–Crippen MR) is 221 cm³/mol. The minimum absolute atomic E-state index is 0.117. The largest absolute Gasteiger partial charge is 0.492 e. The lowest BCUT2D eigenvalue weighted by Gasteiger charge is -2.27. The molecule has 0 aromatic heterocycles. The Labute approximate surface area is 344 Å². The lowest BCUT2D eigenvalue weighted by atomic mass is 9.90. The van der Waals surface area contributed by atoms with Crippen LogP contribution in [0.5, 0.6) is 17.2 Å². The Kier molecular flexibility index (Phi) is 16.4.